The summed E-state index contributed by atoms with van der Waals surface area (Å²) in [7, 11) is 0. The smallest absolute Gasteiger partial charge is 0.291 e. The van der Waals surface area contributed by atoms with Gasteiger partial charge in [0.15, 0.2) is 17.2 Å². The second-order valence-electron chi connectivity index (χ2n) is 5.92. The Kier molecular flexibility index (Phi) is 3.96. The van der Waals surface area contributed by atoms with E-state index in [0.29, 0.717) is 16.8 Å². The molecular formula is C19H17N5O2. The van der Waals surface area contributed by atoms with E-state index in [-0.39, 0.29) is 11.7 Å². The Hall–Kier alpha value is -3.48. The van der Waals surface area contributed by atoms with Gasteiger partial charge in [0, 0.05) is 29.6 Å². The lowest BCUT2D eigenvalue weighted by atomic mass is 10.2. The lowest BCUT2D eigenvalue weighted by Gasteiger charge is -2.07. The van der Waals surface area contributed by atoms with Gasteiger partial charge in [0.1, 0.15) is 11.8 Å². The number of aromatic nitrogens is 4. The van der Waals surface area contributed by atoms with E-state index in [4.69, 9.17) is 4.42 Å². The first-order valence-corrected chi connectivity index (χ1v) is 8.31. The highest BCUT2D eigenvalue weighted by Crippen LogP contribution is 2.22. The lowest BCUT2D eigenvalue weighted by Crippen LogP contribution is -2.10. The van der Waals surface area contributed by atoms with E-state index < -0.39 is 0 Å². The monoisotopic (exact) mass is 347 g/mol. The average Bonchev–Trinajstić information content (AvgIpc) is 3.28. The summed E-state index contributed by atoms with van der Waals surface area (Å²) < 4.78 is 7.53. The van der Waals surface area contributed by atoms with Crippen molar-refractivity contribution in [3.63, 3.8) is 0 Å². The third kappa shape index (κ3) is 2.95. The van der Waals surface area contributed by atoms with Gasteiger partial charge in [-0.15, -0.1) is 10.2 Å². The van der Waals surface area contributed by atoms with Gasteiger partial charge in [-0.05, 0) is 38.1 Å². The van der Waals surface area contributed by atoms with Crippen molar-refractivity contribution in [2.24, 2.45) is 0 Å². The van der Waals surface area contributed by atoms with Crippen LogP contribution in [0.25, 0.3) is 22.5 Å². The maximum absolute atomic E-state index is 12.5. The van der Waals surface area contributed by atoms with Crippen LogP contribution in [0.2, 0.25) is 0 Å². The molecule has 0 atom stereocenters. The summed E-state index contributed by atoms with van der Waals surface area (Å²) in [5, 5.41) is 10.9. The fraction of sp³-hybridized carbons (Fsp3) is 0.158. The van der Waals surface area contributed by atoms with Crippen LogP contribution in [0.15, 0.2) is 53.2 Å². The molecule has 0 radical (unpaired) electrons. The molecule has 0 fully saturated rings. The summed E-state index contributed by atoms with van der Waals surface area (Å²) in [6, 6.07) is 12.8. The number of nitrogens with zero attached hydrogens (tertiary/aromatic N) is 4. The molecule has 0 bridgehead atoms. The summed E-state index contributed by atoms with van der Waals surface area (Å²) in [6.07, 6.45) is 1.68. The topological polar surface area (TPSA) is 85.8 Å². The Labute approximate surface area is 149 Å². The summed E-state index contributed by atoms with van der Waals surface area (Å²) >= 11 is 0. The lowest BCUT2D eigenvalue weighted by molar-refractivity contribution is 0.0998. The Balaban J connectivity index is 1.60. The third-order valence-electron chi connectivity index (χ3n) is 4.07. The molecule has 0 aliphatic rings. The number of nitrogens with one attached hydrogen (secondary N) is 1. The van der Waals surface area contributed by atoms with Gasteiger partial charge in [0.2, 0.25) is 0 Å². The van der Waals surface area contributed by atoms with E-state index in [2.05, 4.69) is 20.5 Å². The molecule has 130 valence electrons. The molecule has 0 unspecified atom stereocenters. The average molecular weight is 347 g/mol. The van der Waals surface area contributed by atoms with Gasteiger partial charge in [-0.25, -0.2) is 4.98 Å². The molecule has 0 aliphatic carbocycles. The number of carbonyl (C=O) groups is 1. The third-order valence-corrected chi connectivity index (χ3v) is 4.07. The summed E-state index contributed by atoms with van der Waals surface area (Å²) in [6.45, 7) is 4.69. The largest absolute Gasteiger partial charge is 0.449 e. The molecule has 4 aromatic rings. The normalized spacial score (nSPS) is 11.0. The van der Waals surface area contributed by atoms with Crippen LogP contribution in [0, 0.1) is 6.92 Å². The molecule has 0 spiro atoms. The van der Waals surface area contributed by atoms with Crippen molar-refractivity contribution in [1.29, 1.82) is 0 Å². The van der Waals surface area contributed by atoms with Crippen LogP contribution in [0.5, 0.6) is 0 Å². The first-order chi connectivity index (χ1) is 12.6. The zero-order valence-electron chi connectivity index (χ0n) is 14.4. The minimum absolute atomic E-state index is 0.222. The van der Waals surface area contributed by atoms with Gasteiger partial charge < -0.3 is 14.3 Å². The summed E-state index contributed by atoms with van der Waals surface area (Å²) in [5.41, 5.74) is 3.66. The minimum Gasteiger partial charge on any atom is -0.449 e. The fourth-order valence-electron chi connectivity index (χ4n) is 2.78. The van der Waals surface area contributed by atoms with Crippen molar-refractivity contribution >= 4 is 22.7 Å². The molecule has 0 aliphatic heterocycles. The number of hydrogen-bond acceptors (Lipinski definition) is 5. The molecule has 7 heteroatoms. The maximum Gasteiger partial charge on any atom is 0.291 e. The molecule has 3 heterocycles. The Bertz CT molecular complexity index is 1100. The van der Waals surface area contributed by atoms with Gasteiger partial charge in [0.25, 0.3) is 5.91 Å². The van der Waals surface area contributed by atoms with Gasteiger partial charge in [0.05, 0.1) is 0 Å². The number of fused-ring (bicyclic) bond motifs is 1. The predicted molar refractivity (Wildman–Crippen MR) is 97.8 cm³/mol. The highest BCUT2D eigenvalue weighted by Gasteiger charge is 2.14. The molecular weight excluding hydrogens is 330 g/mol. The number of hydrogen-bond donors (Lipinski definition) is 1. The van der Waals surface area contributed by atoms with Gasteiger partial charge >= 0.3 is 0 Å². The molecule has 1 amide bonds. The zero-order chi connectivity index (χ0) is 18.1. The van der Waals surface area contributed by atoms with Gasteiger partial charge in [-0.1, -0.05) is 12.1 Å². The van der Waals surface area contributed by atoms with Crippen LogP contribution in [-0.4, -0.2) is 25.7 Å². The number of anilines is 1. The van der Waals surface area contributed by atoms with Crippen LogP contribution >= 0.6 is 0 Å². The van der Waals surface area contributed by atoms with E-state index in [1.54, 1.807) is 12.4 Å². The molecule has 3 aromatic heterocycles. The number of amides is 1. The molecule has 26 heavy (non-hydrogen) atoms. The SMILES string of the molecule is CCn1cnnc1-c1cccc(NC(=O)c2cc3nc(C)ccc3o2)c1. The van der Waals surface area contributed by atoms with Gasteiger partial charge in [-0.3, -0.25) is 4.79 Å². The first-order valence-electron chi connectivity index (χ1n) is 8.31. The van der Waals surface area contributed by atoms with Crippen LogP contribution in [0.3, 0.4) is 0 Å². The van der Waals surface area contributed by atoms with E-state index in [0.717, 1.165) is 23.6 Å². The van der Waals surface area contributed by atoms with Crippen molar-refractivity contribution in [3.8, 4) is 11.4 Å². The van der Waals surface area contributed by atoms with E-state index >= 15 is 0 Å². The second-order valence-corrected chi connectivity index (χ2v) is 5.92. The second kappa shape index (κ2) is 6.44. The van der Waals surface area contributed by atoms with E-state index in [1.165, 1.54) is 0 Å². The fourth-order valence-corrected chi connectivity index (χ4v) is 2.78. The molecule has 1 aromatic carbocycles. The Morgan fingerprint density at radius 3 is 2.96 bits per heavy atom. The summed E-state index contributed by atoms with van der Waals surface area (Å²) in [4.78, 5) is 16.9. The van der Waals surface area contributed by atoms with Crippen molar-refractivity contribution in [3.05, 3.63) is 60.2 Å². The number of furan rings is 1. The summed E-state index contributed by atoms with van der Waals surface area (Å²) in [5.74, 6) is 0.655. The van der Waals surface area contributed by atoms with Crippen molar-refractivity contribution in [2.75, 3.05) is 5.32 Å². The van der Waals surface area contributed by atoms with Crippen LogP contribution in [0.1, 0.15) is 23.2 Å². The van der Waals surface area contributed by atoms with E-state index in [1.807, 2.05) is 54.8 Å². The van der Waals surface area contributed by atoms with Crippen LogP contribution in [0.4, 0.5) is 5.69 Å². The molecule has 4 rings (SSSR count). The van der Waals surface area contributed by atoms with Crippen LogP contribution in [-0.2, 0) is 6.54 Å². The Morgan fingerprint density at radius 2 is 2.12 bits per heavy atom. The maximum atomic E-state index is 12.5. The van der Waals surface area contributed by atoms with Crippen molar-refractivity contribution < 1.29 is 9.21 Å². The number of aryl methyl sites for hydroxylation is 2. The zero-order valence-corrected chi connectivity index (χ0v) is 14.4. The number of benzene rings is 1. The standard InChI is InChI=1S/C19H17N5O2/c1-3-24-11-20-23-18(24)13-5-4-6-14(9-13)22-19(25)17-10-15-16(26-17)8-7-12(2)21-15/h4-11H,3H2,1-2H3,(H,22,25). The molecule has 0 saturated heterocycles. The number of carbonyl (C=O) groups excluding carboxylic acids is 1. The molecule has 7 nitrogen and oxygen atoms in total. The number of rotatable bonds is 4. The highest BCUT2D eigenvalue weighted by molar-refractivity contribution is 6.04. The number of pyridine rings is 1. The molecule has 0 saturated carbocycles. The highest BCUT2D eigenvalue weighted by atomic mass is 16.3. The Morgan fingerprint density at radius 1 is 1.23 bits per heavy atom. The quantitative estimate of drug-likeness (QED) is 0.609. The van der Waals surface area contributed by atoms with Crippen molar-refractivity contribution in [2.45, 2.75) is 20.4 Å². The van der Waals surface area contributed by atoms with Crippen LogP contribution < -0.4 is 5.32 Å². The first kappa shape index (κ1) is 16.0. The van der Waals surface area contributed by atoms with Crippen molar-refractivity contribution in [1.82, 2.24) is 19.7 Å². The van der Waals surface area contributed by atoms with E-state index in [9.17, 15) is 4.79 Å². The predicted octanol–water partition coefficient (Wildman–Crippen LogP) is 3.67. The van der Waals surface area contributed by atoms with Gasteiger partial charge in [-0.2, -0.15) is 0 Å². The minimum atomic E-state index is -0.324. The molecule has 1 N–H and O–H groups in total.